The molecule has 1 N–H and O–H groups in total. The van der Waals surface area contributed by atoms with Crippen LogP contribution in [0.5, 0.6) is 5.75 Å². The molecular formula is C21H20ClN3O2S. The van der Waals surface area contributed by atoms with E-state index in [-0.39, 0.29) is 10.9 Å². The molecule has 0 atom stereocenters. The number of ether oxygens (including phenoxy) is 1. The average molecular weight is 414 g/mol. The first-order valence-electron chi connectivity index (χ1n) is 8.91. The Labute approximate surface area is 173 Å². The van der Waals surface area contributed by atoms with Crippen molar-refractivity contribution in [3.63, 3.8) is 0 Å². The van der Waals surface area contributed by atoms with E-state index in [0.29, 0.717) is 23.2 Å². The lowest BCUT2D eigenvalue weighted by molar-refractivity contribution is 0.0950. The summed E-state index contributed by atoms with van der Waals surface area (Å²) in [5.41, 5.74) is 1.93. The van der Waals surface area contributed by atoms with E-state index in [2.05, 4.69) is 22.4 Å². The van der Waals surface area contributed by atoms with Crippen molar-refractivity contribution in [1.82, 2.24) is 15.5 Å². The van der Waals surface area contributed by atoms with Crippen LogP contribution in [0, 0.1) is 0 Å². The van der Waals surface area contributed by atoms with E-state index in [1.165, 1.54) is 0 Å². The van der Waals surface area contributed by atoms with Crippen LogP contribution >= 0.6 is 22.9 Å². The van der Waals surface area contributed by atoms with E-state index in [4.69, 9.17) is 16.3 Å². The van der Waals surface area contributed by atoms with Crippen molar-refractivity contribution in [2.24, 2.45) is 0 Å². The molecule has 2 aromatic carbocycles. The van der Waals surface area contributed by atoms with Gasteiger partial charge in [-0.15, -0.1) is 10.2 Å². The maximum atomic E-state index is 12.3. The quantitative estimate of drug-likeness (QED) is 0.564. The second-order valence-electron chi connectivity index (χ2n) is 5.99. The molecule has 0 bridgehead atoms. The van der Waals surface area contributed by atoms with Gasteiger partial charge in [-0.2, -0.15) is 0 Å². The lowest BCUT2D eigenvalue weighted by Gasteiger charge is -2.04. The molecule has 3 aromatic rings. The molecule has 1 aromatic heterocycles. The summed E-state index contributed by atoms with van der Waals surface area (Å²) < 4.78 is 5.57. The van der Waals surface area contributed by atoms with Crippen LogP contribution in [0.1, 0.15) is 39.3 Å². The second kappa shape index (κ2) is 10.0. The second-order valence-corrected chi connectivity index (χ2v) is 7.38. The van der Waals surface area contributed by atoms with E-state index in [1.54, 1.807) is 6.08 Å². The standard InChI is InChI=1S/C21H20ClN3O2S/c1-2-12-27-17-10-8-15(9-11-17)13-18(22)20-24-25-21(28-20)19(26)23-14-16-6-4-3-5-7-16/h3-11,13H,2,12,14H2,1H3,(H,23,26)/b18-13-. The summed E-state index contributed by atoms with van der Waals surface area (Å²) in [4.78, 5) is 12.3. The number of amides is 1. The lowest BCUT2D eigenvalue weighted by Crippen LogP contribution is -2.22. The Kier molecular flexibility index (Phi) is 7.17. The summed E-state index contributed by atoms with van der Waals surface area (Å²) in [5, 5.41) is 12.0. The molecule has 0 fully saturated rings. The fraction of sp³-hybridized carbons (Fsp3) is 0.190. The highest BCUT2D eigenvalue weighted by Gasteiger charge is 2.14. The first-order valence-corrected chi connectivity index (χ1v) is 10.1. The zero-order valence-corrected chi connectivity index (χ0v) is 17.0. The molecular weight excluding hydrogens is 394 g/mol. The number of hydrogen-bond donors (Lipinski definition) is 1. The van der Waals surface area contributed by atoms with E-state index in [9.17, 15) is 4.79 Å². The Morgan fingerprint density at radius 1 is 1.11 bits per heavy atom. The zero-order chi connectivity index (χ0) is 19.8. The van der Waals surface area contributed by atoms with E-state index in [0.717, 1.165) is 34.6 Å². The van der Waals surface area contributed by atoms with Gasteiger partial charge >= 0.3 is 0 Å². The molecule has 3 rings (SSSR count). The van der Waals surface area contributed by atoms with Gasteiger partial charge in [0, 0.05) is 6.54 Å². The summed E-state index contributed by atoms with van der Waals surface area (Å²) >= 11 is 7.52. The van der Waals surface area contributed by atoms with Crippen LogP contribution in [-0.4, -0.2) is 22.7 Å². The summed E-state index contributed by atoms with van der Waals surface area (Å²) in [7, 11) is 0. The monoisotopic (exact) mass is 413 g/mol. The van der Waals surface area contributed by atoms with Crippen molar-refractivity contribution in [1.29, 1.82) is 0 Å². The van der Waals surface area contributed by atoms with Gasteiger partial charge in [0.25, 0.3) is 5.91 Å². The lowest BCUT2D eigenvalue weighted by atomic mass is 10.2. The Hall–Kier alpha value is -2.70. The fourth-order valence-corrected chi connectivity index (χ4v) is 3.30. The van der Waals surface area contributed by atoms with Crippen molar-refractivity contribution in [3.05, 3.63) is 75.7 Å². The molecule has 0 aliphatic rings. The Morgan fingerprint density at radius 2 is 1.82 bits per heavy atom. The summed E-state index contributed by atoms with van der Waals surface area (Å²) in [5.74, 6) is 0.554. The normalized spacial score (nSPS) is 11.3. The average Bonchev–Trinajstić information content (AvgIpc) is 3.23. The van der Waals surface area contributed by atoms with Gasteiger partial charge in [-0.05, 0) is 35.8 Å². The molecule has 0 saturated carbocycles. The Bertz CT molecular complexity index is 940. The van der Waals surface area contributed by atoms with E-state index >= 15 is 0 Å². The van der Waals surface area contributed by atoms with Crippen LogP contribution in [0.3, 0.4) is 0 Å². The van der Waals surface area contributed by atoms with Gasteiger partial charge in [-0.25, -0.2) is 0 Å². The molecule has 0 aliphatic carbocycles. The maximum absolute atomic E-state index is 12.3. The molecule has 0 aliphatic heterocycles. The molecule has 28 heavy (non-hydrogen) atoms. The van der Waals surface area contributed by atoms with E-state index < -0.39 is 0 Å². The number of nitrogens with one attached hydrogen (secondary N) is 1. The predicted molar refractivity (Wildman–Crippen MR) is 113 cm³/mol. The minimum absolute atomic E-state index is 0.269. The number of nitrogens with zero attached hydrogens (tertiary/aromatic N) is 2. The SMILES string of the molecule is CCCOc1ccc(/C=C(\Cl)c2nnc(C(=O)NCc3ccccc3)s2)cc1. The predicted octanol–water partition coefficient (Wildman–Crippen LogP) is 4.99. The third-order valence-electron chi connectivity index (χ3n) is 3.77. The molecule has 0 spiro atoms. The maximum Gasteiger partial charge on any atom is 0.282 e. The highest BCUT2D eigenvalue weighted by atomic mass is 35.5. The number of benzene rings is 2. The van der Waals surface area contributed by atoms with Crippen molar-refractivity contribution in [2.45, 2.75) is 19.9 Å². The highest BCUT2D eigenvalue weighted by Crippen LogP contribution is 2.26. The van der Waals surface area contributed by atoms with Gasteiger partial charge in [0.05, 0.1) is 11.6 Å². The molecule has 0 unspecified atom stereocenters. The molecule has 144 valence electrons. The van der Waals surface area contributed by atoms with Crippen LogP contribution in [-0.2, 0) is 6.54 Å². The van der Waals surface area contributed by atoms with Crippen molar-refractivity contribution >= 4 is 40.0 Å². The zero-order valence-electron chi connectivity index (χ0n) is 15.4. The number of halogens is 1. The minimum Gasteiger partial charge on any atom is -0.494 e. The number of hydrogen-bond acceptors (Lipinski definition) is 5. The van der Waals surface area contributed by atoms with Crippen molar-refractivity contribution in [3.8, 4) is 5.75 Å². The minimum atomic E-state index is -0.269. The van der Waals surface area contributed by atoms with Crippen LogP contribution < -0.4 is 10.1 Å². The number of carbonyl (C=O) groups excluding carboxylic acids is 1. The third-order valence-corrected chi connectivity index (χ3v) is 5.12. The summed E-state index contributed by atoms with van der Waals surface area (Å²) in [6.07, 6.45) is 2.75. The first-order chi connectivity index (χ1) is 13.7. The smallest absolute Gasteiger partial charge is 0.282 e. The molecule has 0 radical (unpaired) electrons. The molecule has 5 nitrogen and oxygen atoms in total. The fourth-order valence-electron chi connectivity index (χ4n) is 2.35. The van der Waals surface area contributed by atoms with Crippen LogP contribution in [0.15, 0.2) is 54.6 Å². The Morgan fingerprint density at radius 3 is 2.54 bits per heavy atom. The summed E-state index contributed by atoms with van der Waals surface area (Å²) in [6.45, 7) is 3.19. The van der Waals surface area contributed by atoms with Crippen molar-refractivity contribution < 1.29 is 9.53 Å². The van der Waals surface area contributed by atoms with Gasteiger partial charge in [-0.3, -0.25) is 4.79 Å². The van der Waals surface area contributed by atoms with Gasteiger partial charge in [0.15, 0.2) is 5.01 Å². The number of carbonyl (C=O) groups is 1. The molecule has 1 amide bonds. The van der Waals surface area contributed by atoms with Gasteiger partial charge < -0.3 is 10.1 Å². The third kappa shape index (κ3) is 5.65. The van der Waals surface area contributed by atoms with Crippen LogP contribution in [0.4, 0.5) is 0 Å². The topological polar surface area (TPSA) is 64.1 Å². The summed E-state index contributed by atoms with van der Waals surface area (Å²) in [6, 6.07) is 17.3. The van der Waals surface area contributed by atoms with Crippen LogP contribution in [0.2, 0.25) is 0 Å². The molecule has 0 saturated heterocycles. The largest absolute Gasteiger partial charge is 0.494 e. The van der Waals surface area contributed by atoms with Gasteiger partial charge in [0.1, 0.15) is 5.75 Å². The van der Waals surface area contributed by atoms with Gasteiger partial charge in [0.2, 0.25) is 5.01 Å². The van der Waals surface area contributed by atoms with Gasteiger partial charge in [-0.1, -0.05) is 72.3 Å². The highest BCUT2D eigenvalue weighted by molar-refractivity contribution is 7.15. The molecule has 1 heterocycles. The molecule has 7 heteroatoms. The van der Waals surface area contributed by atoms with E-state index in [1.807, 2.05) is 54.6 Å². The van der Waals surface area contributed by atoms with Crippen LogP contribution in [0.25, 0.3) is 11.1 Å². The first kappa shape index (κ1) is 20.0. The Balaban J connectivity index is 1.62. The van der Waals surface area contributed by atoms with Crippen molar-refractivity contribution in [2.75, 3.05) is 6.61 Å². The number of aromatic nitrogens is 2. The number of rotatable bonds is 8.